The van der Waals surface area contributed by atoms with Gasteiger partial charge in [0.2, 0.25) is 0 Å². The summed E-state index contributed by atoms with van der Waals surface area (Å²) < 4.78 is 7.88. The normalized spacial score (nSPS) is 19.6. The Balaban J connectivity index is 2.29. The molecule has 19 heavy (non-hydrogen) atoms. The van der Waals surface area contributed by atoms with Gasteiger partial charge in [-0.1, -0.05) is 5.21 Å². The Hall–Kier alpha value is -0.540. The molecular formula is C11H21BrN6O. The minimum absolute atomic E-state index is 0.0834. The van der Waals surface area contributed by atoms with E-state index in [9.17, 15) is 0 Å². The van der Waals surface area contributed by atoms with Gasteiger partial charge in [0.1, 0.15) is 0 Å². The molecule has 1 aliphatic rings. The molecule has 2 heterocycles. The van der Waals surface area contributed by atoms with E-state index in [0.717, 1.165) is 36.6 Å². The second-order valence-electron chi connectivity index (χ2n) is 5.24. The van der Waals surface area contributed by atoms with Gasteiger partial charge < -0.3 is 4.74 Å². The third-order valence-electron chi connectivity index (χ3n) is 3.80. The zero-order valence-corrected chi connectivity index (χ0v) is 13.1. The lowest BCUT2D eigenvalue weighted by Crippen LogP contribution is -2.57. The van der Waals surface area contributed by atoms with Crippen molar-refractivity contribution in [2.75, 3.05) is 26.3 Å². The van der Waals surface area contributed by atoms with Gasteiger partial charge >= 0.3 is 0 Å². The first kappa shape index (κ1) is 14.9. The SMILES string of the molecule is Cn1nnc(Br)c1C(NN)C(C)(C)N1CCOCC1. The van der Waals surface area contributed by atoms with Crippen molar-refractivity contribution in [1.82, 2.24) is 25.3 Å². The van der Waals surface area contributed by atoms with Crippen LogP contribution in [-0.4, -0.2) is 51.7 Å². The lowest BCUT2D eigenvalue weighted by molar-refractivity contribution is -0.0249. The summed E-state index contributed by atoms with van der Waals surface area (Å²) in [4.78, 5) is 2.38. The van der Waals surface area contributed by atoms with Crippen molar-refractivity contribution in [3.05, 3.63) is 10.3 Å². The van der Waals surface area contributed by atoms with Crippen molar-refractivity contribution in [3.8, 4) is 0 Å². The molecule has 3 N–H and O–H groups in total. The van der Waals surface area contributed by atoms with Gasteiger partial charge in [0.25, 0.3) is 0 Å². The van der Waals surface area contributed by atoms with Crippen LogP contribution in [0.4, 0.5) is 0 Å². The summed E-state index contributed by atoms with van der Waals surface area (Å²) in [7, 11) is 1.87. The van der Waals surface area contributed by atoms with Gasteiger partial charge in [-0.3, -0.25) is 10.7 Å². The summed E-state index contributed by atoms with van der Waals surface area (Å²) in [6, 6.07) is -0.0834. The van der Waals surface area contributed by atoms with Gasteiger partial charge in [0.05, 0.1) is 24.9 Å². The minimum Gasteiger partial charge on any atom is -0.379 e. The molecule has 0 bridgehead atoms. The number of halogens is 1. The molecule has 0 saturated carbocycles. The zero-order valence-electron chi connectivity index (χ0n) is 11.6. The van der Waals surface area contributed by atoms with E-state index in [-0.39, 0.29) is 11.6 Å². The highest BCUT2D eigenvalue weighted by Crippen LogP contribution is 2.33. The van der Waals surface area contributed by atoms with E-state index in [0.29, 0.717) is 0 Å². The zero-order chi connectivity index (χ0) is 14.0. The smallest absolute Gasteiger partial charge is 0.153 e. The average Bonchev–Trinajstić information content (AvgIpc) is 2.72. The van der Waals surface area contributed by atoms with E-state index in [1.54, 1.807) is 4.68 Å². The molecule has 0 radical (unpaired) electrons. The molecule has 1 aromatic heterocycles. The van der Waals surface area contributed by atoms with E-state index in [2.05, 4.69) is 50.4 Å². The monoisotopic (exact) mass is 332 g/mol. The van der Waals surface area contributed by atoms with Crippen LogP contribution in [0, 0.1) is 0 Å². The number of nitrogens with two attached hydrogens (primary N) is 1. The number of hydrogen-bond donors (Lipinski definition) is 2. The maximum atomic E-state index is 5.80. The molecule has 0 aliphatic carbocycles. The molecule has 1 aliphatic heterocycles. The first-order valence-corrected chi connectivity index (χ1v) is 7.11. The summed E-state index contributed by atoms with van der Waals surface area (Å²) in [5, 5.41) is 8.06. The maximum absolute atomic E-state index is 5.80. The predicted octanol–water partition coefficient (Wildman–Crippen LogP) is 0.193. The Bertz CT molecular complexity index is 409. The van der Waals surface area contributed by atoms with Gasteiger partial charge in [-0.25, -0.2) is 10.1 Å². The largest absolute Gasteiger partial charge is 0.379 e. The highest BCUT2D eigenvalue weighted by atomic mass is 79.9. The molecule has 0 amide bonds. The van der Waals surface area contributed by atoms with Crippen molar-refractivity contribution in [2.45, 2.75) is 25.4 Å². The van der Waals surface area contributed by atoms with Crippen molar-refractivity contribution in [1.29, 1.82) is 0 Å². The molecule has 1 atom stereocenters. The number of nitrogens with one attached hydrogen (secondary N) is 1. The lowest BCUT2D eigenvalue weighted by Gasteiger charge is -2.45. The molecule has 2 rings (SSSR count). The van der Waals surface area contributed by atoms with Crippen LogP contribution < -0.4 is 11.3 Å². The number of aromatic nitrogens is 3. The number of rotatable bonds is 4. The number of hydrogen-bond acceptors (Lipinski definition) is 6. The predicted molar refractivity (Wildman–Crippen MR) is 75.2 cm³/mol. The molecule has 0 aromatic carbocycles. The van der Waals surface area contributed by atoms with Crippen molar-refractivity contribution in [2.24, 2.45) is 12.9 Å². The summed E-state index contributed by atoms with van der Waals surface area (Å²) in [5.74, 6) is 5.80. The Morgan fingerprint density at radius 2 is 2.05 bits per heavy atom. The average molecular weight is 333 g/mol. The van der Waals surface area contributed by atoms with Crippen LogP contribution in [0.15, 0.2) is 4.60 Å². The fourth-order valence-electron chi connectivity index (χ4n) is 2.58. The molecule has 1 saturated heterocycles. The maximum Gasteiger partial charge on any atom is 0.153 e. The van der Waals surface area contributed by atoms with E-state index in [4.69, 9.17) is 10.6 Å². The van der Waals surface area contributed by atoms with Crippen LogP contribution in [0.2, 0.25) is 0 Å². The lowest BCUT2D eigenvalue weighted by atomic mass is 9.90. The van der Waals surface area contributed by atoms with Crippen LogP contribution in [0.1, 0.15) is 25.6 Å². The Morgan fingerprint density at radius 3 is 2.53 bits per heavy atom. The minimum atomic E-state index is -0.170. The van der Waals surface area contributed by atoms with Crippen LogP contribution in [0.5, 0.6) is 0 Å². The van der Waals surface area contributed by atoms with Gasteiger partial charge in [-0.05, 0) is 29.8 Å². The molecular weight excluding hydrogens is 312 g/mol. The van der Waals surface area contributed by atoms with Crippen molar-refractivity contribution >= 4 is 15.9 Å². The van der Waals surface area contributed by atoms with Crippen molar-refractivity contribution < 1.29 is 4.74 Å². The van der Waals surface area contributed by atoms with Gasteiger partial charge in [-0.2, -0.15) is 0 Å². The molecule has 0 spiro atoms. The van der Waals surface area contributed by atoms with Crippen LogP contribution in [0.3, 0.4) is 0 Å². The number of morpholine rings is 1. The summed E-state index contributed by atoms with van der Waals surface area (Å²) in [6.45, 7) is 7.64. The quantitative estimate of drug-likeness (QED) is 0.605. The molecule has 1 fully saturated rings. The number of hydrazine groups is 1. The molecule has 108 valence electrons. The van der Waals surface area contributed by atoms with Gasteiger partial charge in [-0.15, -0.1) is 5.10 Å². The van der Waals surface area contributed by atoms with E-state index < -0.39 is 0 Å². The Labute approximate surface area is 121 Å². The fraction of sp³-hybridized carbons (Fsp3) is 0.818. The third-order valence-corrected chi connectivity index (χ3v) is 4.36. The number of aryl methyl sites for hydroxylation is 1. The standard InChI is InChI=1S/C11H21BrN6O/c1-11(2,18-4-6-19-7-5-18)9(14-13)8-10(12)15-16-17(8)3/h9,14H,4-7,13H2,1-3H3. The van der Waals surface area contributed by atoms with Crippen molar-refractivity contribution in [3.63, 3.8) is 0 Å². The second kappa shape index (κ2) is 5.84. The van der Waals surface area contributed by atoms with Gasteiger partial charge in [0.15, 0.2) is 4.60 Å². The molecule has 8 heteroatoms. The Morgan fingerprint density at radius 1 is 1.42 bits per heavy atom. The first-order chi connectivity index (χ1) is 8.98. The van der Waals surface area contributed by atoms with E-state index >= 15 is 0 Å². The third kappa shape index (κ3) is 2.82. The van der Waals surface area contributed by atoms with Crippen LogP contribution in [0.25, 0.3) is 0 Å². The molecule has 7 nitrogen and oxygen atoms in total. The number of ether oxygens (including phenoxy) is 1. The molecule has 1 unspecified atom stereocenters. The Kier molecular flexibility index (Phi) is 4.57. The highest BCUT2D eigenvalue weighted by molar-refractivity contribution is 9.10. The van der Waals surface area contributed by atoms with Crippen LogP contribution >= 0.6 is 15.9 Å². The van der Waals surface area contributed by atoms with Crippen LogP contribution in [-0.2, 0) is 11.8 Å². The fourth-order valence-corrected chi connectivity index (χ4v) is 3.14. The first-order valence-electron chi connectivity index (χ1n) is 6.32. The van der Waals surface area contributed by atoms with Gasteiger partial charge in [0, 0.05) is 25.7 Å². The topological polar surface area (TPSA) is 81.2 Å². The highest BCUT2D eigenvalue weighted by Gasteiger charge is 2.39. The number of nitrogens with zero attached hydrogens (tertiary/aromatic N) is 4. The second-order valence-corrected chi connectivity index (χ2v) is 5.99. The summed E-state index contributed by atoms with van der Waals surface area (Å²) >= 11 is 3.44. The molecule has 1 aromatic rings. The van der Waals surface area contributed by atoms with E-state index in [1.165, 1.54) is 0 Å². The van der Waals surface area contributed by atoms with E-state index in [1.807, 2.05) is 7.05 Å². The summed E-state index contributed by atoms with van der Waals surface area (Å²) in [6.07, 6.45) is 0. The summed E-state index contributed by atoms with van der Waals surface area (Å²) in [5.41, 5.74) is 3.68.